The van der Waals surface area contributed by atoms with Crippen LogP contribution in [0, 0.1) is 0 Å². The normalized spacial score (nSPS) is 14.7. The second kappa shape index (κ2) is 7.40. The third-order valence-corrected chi connectivity index (χ3v) is 4.56. The van der Waals surface area contributed by atoms with Crippen molar-refractivity contribution in [3.8, 4) is 5.75 Å². The maximum absolute atomic E-state index is 13.3. The number of fused-ring (bicyclic) bond motifs is 1. The number of carbonyl (C=O) groups is 1. The number of nitrogens with zero attached hydrogens (tertiary/aromatic N) is 3. The molecule has 1 amide bonds. The van der Waals surface area contributed by atoms with Gasteiger partial charge in [0.1, 0.15) is 12.3 Å². The van der Waals surface area contributed by atoms with Crippen LogP contribution < -0.4 is 10.1 Å². The van der Waals surface area contributed by atoms with E-state index in [2.05, 4.69) is 10.4 Å². The number of methoxy groups -OCH3 is 1. The first-order chi connectivity index (χ1) is 12.7. The number of carbonyl (C=O) groups excluding carboxylic acids is 1. The van der Waals surface area contributed by atoms with E-state index < -0.39 is 17.8 Å². The Hall–Kier alpha value is -2.26. The van der Waals surface area contributed by atoms with Gasteiger partial charge in [0.15, 0.2) is 5.69 Å². The highest BCUT2D eigenvalue weighted by molar-refractivity contribution is 6.31. The number of nitrogens with one attached hydrogen (secondary N) is 1. The molecule has 1 aromatic carbocycles. The van der Waals surface area contributed by atoms with Crippen molar-refractivity contribution in [2.45, 2.75) is 25.7 Å². The number of amides is 1. The number of rotatable bonds is 4. The minimum Gasteiger partial charge on any atom is -0.495 e. The van der Waals surface area contributed by atoms with Gasteiger partial charge in [-0.15, -0.1) is 0 Å². The largest absolute Gasteiger partial charge is 0.495 e. The second-order valence-electron chi connectivity index (χ2n) is 6.31. The summed E-state index contributed by atoms with van der Waals surface area (Å²) in [5.74, 6) is -0.131. The Kier molecular flexibility index (Phi) is 5.34. The lowest BCUT2D eigenvalue weighted by Crippen LogP contribution is -2.30. The average Bonchev–Trinajstić information content (AvgIpc) is 2.93. The molecule has 10 heteroatoms. The van der Waals surface area contributed by atoms with Gasteiger partial charge in [-0.3, -0.25) is 9.48 Å². The van der Waals surface area contributed by atoms with Crippen LogP contribution >= 0.6 is 11.6 Å². The molecular formula is C17H18ClF3N4O2. The second-order valence-corrected chi connectivity index (χ2v) is 6.75. The van der Waals surface area contributed by atoms with Crippen molar-refractivity contribution in [1.29, 1.82) is 0 Å². The van der Waals surface area contributed by atoms with Gasteiger partial charge in [-0.05, 0) is 31.7 Å². The average molecular weight is 403 g/mol. The predicted molar refractivity (Wildman–Crippen MR) is 93.9 cm³/mol. The molecule has 3 rings (SSSR count). The van der Waals surface area contributed by atoms with E-state index in [1.807, 2.05) is 11.9 Å². The molecule has 27 heavy (non-hydrogen) atoms. The van der Waals surface area contributed by atoms with Gasteiger partial charge in [0, 0.05) is 23.7 Å². The van der Waals surface area contributed by atoms with Crippen molar-refractivity contribution in [3.63, 3.8) is 0 Å². The summed E-state index contributed by atoms with van der Waals surface area (Å²) in [7, 11) is 3.25. The molecule has 1 aliphatic heterocycles. The van der Waals surface area contributed by atoms with Gasteiger partial charge >= 0.3 is 6.18 Å². The van der Waals surface area contributed by atoms with Crippen molar-refractivity contribution >= 4 is 23.2 Å². The van der Waals surface area contributed by atoms with Crippen LogP contribution in [0.3, 0.4) is 0 Å². The fourth-order valence-corrected chi connectivity index (χ4v) is 3.25. The van der Waals surface area contributed by atoms with Crippen LogP contribution in [-0.4, -0.2) is 41.3 Å². The number of hydrogen-bond donors (Lipinski definition) is 1. The lowest BCUT2D eigenvalue weighted by Gasteiger charge is -2.23. The third-order valence-electron chi connectivity index (χ3n) is 4.33. The summed E-state index contributed by atoms with van der Waals surface area (Å²) in [6, 6.07) is 4.70. The Labute approximate surface area is 158 Å². The van der Waals surface area contributed by atoms with Gasteiger partial charge in [-0.25, -0.2) is 0 Å². The third kappa shape index (κ3) is 4.19. The standard InChI is InChI=1S/C17H18ClF3N4O2/c1-24-6-5-11-13(8-24)25(23-16(11)17(19,20)21)9-15(26)22-12-7-10(18)3-4-14(12)27-2/h3-4,7H,5-6,8-9H2,1-2H3,(H,22,26). The van der Waals surface area contributed by atoms with Crippen molar-refractivity contribution in [2.24, 2.45) is 0 Å². The molecule has 0 atom stereocenters. The molecule has 0 bridgehead atoms. The highest BCUT2D eigenvalue weighted by Crippen LogP contribution is 2.35. The summed E-state index contributed by atoms with van der Waals surface area (Å²) < 4.78 is 46.2. The summed E-state index contributed by atoms with van der Waals surface area (Å²) in [4.78, 5) is 14.3. The quantitative estimate of drug-likeness (QED) is 0.853. The van der Waals surface area contributed by atoms with Crippen LogP contribution in [0.5, 0.6) is 5.75 Å². The zero-order valence-electron chi connectivity index (χ0n) is 14.7. The number of likely N-dealkylation sites (N-methyl/N-ethyl adjacent to an activating group) is 1. The van der Waals surface area contributed by atoms with Crippen LogP contribution in [0.2, 0.25) is 5.02 Å². The SMILES string of the molecule is COc1ccc(Cl)cc1NC(=O)Cn1nc(C(F)(F)F)c2c1CN(C)CC2. The highest BCUT2D eigenvalue weighted by atomic mass is 35.5. The molecule has 1 N–H and O–H groups in total. The molecule has 0 unspecified atom stereocenters. The number of ether oxygens (including phenoxy) is 1. The minimum absolute atomic E-state index is 0.161. The van der Waals surface area contributed by atoms with Crippen LogP contribution in [0.25, 0.3) is 0 Å². The zero-order chi connectivity index (χ0) is 19.8. The number of hydrogen-bond acceptors (Lipinski definition) is 4. The van der Waals surface area contributed by atoms with Gasteiger partial charge in [0.05, 0.1) is 18.5 Å². The molecule has 1 aliphatic rings. The first-order valence-electron chi connectivity index (χ1n) is 8.16. The molecule has 0 fully saturated rings. The van der Waals surface area contributed by atoms with Crippen molar-refractivity contribution in [3.05, 3.63) is 40.2 Å². The fourth-order valence-electron chi connectivity index (χ4n) is 3.07. The van der Waals surface area contributed by atoms with Crippen molar-refractivity contribution in [1.82, 2.24) is 14.7 Å². The van der Waals surface area contributed by atoms with Crippen LogP contribution in [0.4, 0.5) is 18.9 Å². The summed E-state index contributed by atoms with van der Waals surface area (Å²) in [6.45, 7) is 0.460. The molecule has 0 spiro atoms. The van der Waals surface area contributed by atoms with E-state index >= 15 is 0 Å². The smallest absolute Gasteiger partial charge is 0.435 e. The van der Waals surface area contributed by atoms with Gasteiger partial charge in [0.2, 0.25) is 5.91 Å². The van der Waals surface area contributed by atoms with Crippen LogP contribution in [0.15, 0.2) is 18.2 Å². The van der Waals surface area contributed by atoms with E-state index in [0.717, 1.165) is 4.68 Å². The fraction of sp³-hybridized carbons (Fsp3) is 0.412. The van der Waals surface area contributed by atoms with Crippen LogP contribution in [-0.2, 0) is 30.5 Å². The van der Waals surface area contributed by atoms with Crippen LogP contribution in [0.1, 0.15) is 17.0 Å². The highest BCUT2D eigenvalue weighted by Gasteiger charge is 2.40. The Morgan fingerprint density at radius 1 is 1.41 bits per heavy atom. The van der Waals surface area contributed by atoms with Gasteiger partial charge in [-0.1, -0.05) is 11.6 Å². The van der Waals surface area contributed by atoms with E-state index in [0.29, 0.717) is 35.2 Å². The molecule has 2 aromatic rings. The van der Waals surface area contributed by atoms with E-state index in [1.165, 1.54) is 13.2 Å². The lowest BCUT2D eigenvalue weighted by molar-refractivity contribution is -0.142. The molecule has 2 heterocycles. The molecule has 0 saturated carbocycles. The molecule has 0 saturated heterocycles. The molecule has 1 aromatic heterocycles. The maximum atomic E-state index is 13.3. The molecule has 146 valence electrons. The Morgan fingerprint density at radius 3 is 2.81 bits per heavy atom. The topological polar surface area (TPSA) is 59.4 Å². The summed E-state index contributed by atoms with van der Waals surface area (Å²) in [6.07, 6.45) is -4.32. The molecule has 0 aliphatic carbocycles. The van der Waals surface area contributed by atoms with E-state index in [1.54, 1.807) is 12.1 Å². The van der Waals surface area contributed by atoms with Gasteiger partial charge < -0.3 is 15.0 Å². The lowest BCUT2D eigenvalue weighted by atomic mass is 10.0. The monoisotopic (exact) mass is 402 g/mol. The number of alkyl halides is 3. The molecular weight excluding hydrogens is 385 g/mol. The van der Waals surface area contributed by atoms with E-state index in [4.69, 9.17) is 16.3 Å². The Morgan fingerprint density at radius 2 is 2.15 bits per heavy atom. The van der Waals surface area contributed by atoms with Gasteiger partial charge in [-0.2, -0.15) is 18.3 Å². The zero-order valence-corrected chi connectivity index (χ0v) is 15.5. The van der Waals surface area contributed by atoms with Gasteiger partial charge in [0.25, 0.3) is 0 Å². The van der Waals surface area contributed by atoms with E-state index in [9.17, 15) is 18.0 Å². The number of benzene rings is 1. The molecule has 0 radical (unpaired) electrons. The molecule has 6 nitrogen and oxygen atoms in total. The summed E-state index contributed by atoms with van der Waals surface area (Å²) in [5, 5.41) is 6.69. The number of aromatic nitrogens is 2. The first kappa shape index (κ1) is 19.5. The maximum Gasteiger partial charge on any atom is 0.435 e. The summed E-state index contributed by atoms with van der Waals surface area (Å²) >= 11 is 5.93. The number of halogens is 4. The van der Waals surface area contributed by atoms with E-state index in [-0.39, 0.29) is 18.5 Å². The number of anilines is 1. The summed E-state index contributed by atoms with van der Waals surface area (Å²) in [5.41, 5.74) is -0.0130. The Bertz CT molecular complexity index is 867. The predicted octanol–water partition coefficient (Wildman–Crippen LogP) is 3.19. The minimum atomic E-state index is -4.56. The van der Waals surface area contributed by atoms with Crippen molar-refractivity contribution in [2.75, 3.05) is 26.0 Å². The first-order valence-corrected chi connectivity index (χ1v) is 8.54. The van der Waals surface area contributed by atoms with Crippen molar-refractivity contribution < 1.29 is 22.7 Å². The Balaban J connectivity index is 1.86.